The summed E-state index contributed by atoms with van der Waals surface area (Å²) in [6.45, 7) is -0.102. The molecule has 0 aliphatic heterocycles. The fourth-order valence-electron chi connectivity index (χ4n) is 1.58. The molecular weight excluding hydrogens is 291 g/mol. The maximum Gasteiger partial charge on any atom is 0.435 e. The standard InChI is InChI=1S/C11H12F3N5O2/c1-21-7-19-5-8(4-15-19)16-10(20)6-18-3-2-9(17-18)11(12,13)14/h2-5H,6-7H2,1H3,(H,16,20). The predicted molar refractivity (Wildman–Crippen MR) is 65.1 cm³/mol. The zero-order valence-corrected chi connectivity index (χ0v) is 11.0. The number of anilines is 1. The van der Waals surface area contributed by atoms with Gasteiger partial charge >= 0.3 is 6.18 Å². The van der Waals surface area contributed by atoms with Crippen molar-refractivity contribution in [3.8, 4) is 0 Å². The fraction of sp³-hybridized carbons (Fsp3) is 0.364. The van der Waals surface area contributed by atoms with Gasteiger partial charge in [0.25, 0.3) is 0 Å². The second-order valence-electron chi connectivity index (χ2n) is 4.13. The molecule has 7 nitrogen and oxygen atoms in total. The van der Waals surface area contributed by atoms with E-state index in [2.05, 4.69) is 15.5 Å². The minimum absolute atomic E-state index is 0.226. The van der Waals surface area contributed by atoms with Crippen LogP contribution in [-0.4, -0.2) is 32.6 Å². The van der Waals surface area contributed by atoms with E-state index in [1.165, 1.54) is 24.2 Å². The van der Waals surface area contributed by atoms with Gasteiger partial charge in [-0.1, -0.05) is 0 Å². The van der Waals surface area contributed by atoms with Crippen molar-refractivity contribution in [1.29, 1.82) is 0 Å². The van der Waals surface area contributed by atoms with Crippen LogP contribution >= 0.6 is 0 Å². The molecule has 0 fully saturated rings. The topological polar surface area (TPSA) is 74.0 Å². The first-order valence-corrected chi connectivity index (χ1v) is 5.80. The predicted octanol–water partition coefficient (Wildman–Crippen LogP) is 1.34. The van der Waals surface area contributed by atoms with E-state index in [1.807, 2.05) is 0 Å². The summed E-state index contributed by atoms with van der Waals surface area (Å²) in [5.41, 5.74) is -0.622. The first-order valence-electron chi connectivity index (χ1n) is 5.80. The third-order valence-electron chi connectivity index (χ3n) is 2.42. The summed E-state index contributed by atoms with van der Waals surface area (Å²) < 4.78 is 44.3. The van der Waals surface area contributed by atoms with Crippen molar-refractivity contribution in [2.45, 2.75) is 19.5 Å². The summed E-state index contributed by atoms with van der Waals surface area (Å²) in [4.78, 5) is 11.7. The molecule has 0 aromatic carbocycles. The molecule has 21 heavy (non-hydrogen) atoms. The van der Waals surface area contributed by atoms with Gasteiger partial charge in [0.15, 0.2) is 5.69 Å². The number of nitrogens with zero attached hydrogens (tertiary/aromatic N) is 4. The average molecular weight is 303 g/mol. The van der Waals surface area contributed by atoms with Crippen molar-refractivity contribution in [1.82, 2.24) is 19.6 Å². The molecule has 1 N–H and O–H groups in total. The van der Waals surface area contributed by atoms with Gasteiger partial charge in [-0.25, -0.2) is 4.68 Å². The van der Waals surface area contributed by atoms with Crippen molar-refractivity contribution in [3.63, 3.8) is 0 Å². The lowest BCUT2D eigenvalue weighted by Crippen LogP contribution is -2.19. The molecule has 2 rings (SSSR count). The molecule has 0 unspecified atom stereocenters. The zero-order chi connectivity index (χ0) is 15.5. The number of amides is 1. The number of alkyl halides is 3. The van der Waals surface area contributed by atoms with Crippen molar-refractivity contribution in [3.05, 3.63) is 30.4 Å². The second-order valence-corrected chi connectivity index (χ2v) is 4.13. The Bertz CT molecular complexity index is 619. The average Bonchev–Trinajstić information content (AvgIpc) is 2.98. The molecule has 1 amide bonds. The third-order valence-corrected chi connectivity index (χ3v) is 2.42. The highest BCUT2D eigenvalue weighted by Gasteiger charge is 2.33. The minimum atomic E-state index is -4.52. The number of hydrogen-bond donors (Lipinski definition) is 1. The van der Waals surface area contributed by atoms with E-state index in [0.29, 0.717) is 5.69 Å². The third kappa shape index (κ3) is 4.05. The summed E-state index contributed by atoms with van der Waals surface area (Å²) in [6, 6.07) is 0.809. The lowest BCUT2D eigenvalue weighted by atomic mass is 10.4. The van der Waals surface area contributed by atoms with E-state index in [4.69, 9.17) is 4.74 Å². The summed E-state index contributed by atoms with van der Waals surface area (Å²) in [6.07, 6.45) is -0.494. The highest BCUT2D eigenvalue weighted by molar-refractivity contribution is 5.90. The van der Waals surface area contributed by atoms with Crippen LogP contribution in [0.5, 0.6) is 0 Å². The smallest absolute Gasteiger partial charge is 0.362 e. The first-order chi connectivity index (χ1) is 9.88. The molecule has 114 valence electrons. The Balaban J connectivity index is 1.93. The van der Waals surface area contributed by atoms with E-state index in [0.717, 1.165) is 16.9 Å². The van der Waals surface area contributed by atoms with E-state index >= 15 is 0 Å². The lowest BCUT2D eigenvalue weighted by Gasteiger charge is -2.03. The lowest BCUT2D eigenvalue weighted by molar-refractivity contribution is -0.141. The molecule has 2 aromatic rings. The van der Waals surface area contributed by atoms with Gasteiger partial charge in [-0.15, -0.1) is 0 Å². The van der Waals surface area contributed by atoms with Crippen molar-refractivity contribution >= 4 is 11.6 Å². The maximum atomic E-state index is 12.4. The molecule has 0 bridgehead atoms. The summed E-state index contributed by atoms with van der Waals surface area (Å²) in [5.74, 6) is -0.510. The van der Waals surface area contributed by atoms with Gasteiger partial charge in [-0.2, -0.15) is 23.4 Å². The number of methoxy groups -OCH3 is 1. The number of ether oxygens (including phenoxy) is 1. The molecule has 0 saturated carbocycles. The number of hydrogen-bond acceptors (Lipinski definition) is 4. The minimum Gasteiger partial charge on any atom is -0.362 e. The molecule has 0 spiro atoms. The summed E-state index contributed by atoms with van der Waals surface area (Å²) >= 11 is 0. The highest BCUT2D eigenvalue weighted by atomic mass is 19.4. The van der Waals surface area contributed by atoms with E-state index in [9.17, 15) is 18.0 Å². The van der Waals surface area contributed by atoms with E-state index < -0.39 is 17.8 Å². The van der Waals surface area contributed by atoms with Gasteiger partial charge < -0.3 is 10.1 Å². The van der Waals surface area contributed by atoms with Crippen LogP contribution in [0.25, 0.3) is 0 Å². The largest absolute Gasteiger partial charge is 0.435 e. The first kappa shape index (κ1) is 15.0. The summed E-state index contributed by atoms with van der Waals surface area (Å²) in [5, 5.41) is 9.69. The van der Waals surface area contributed by atoms with Crippen LogP contribution in [-0.2, 0) is 29.0 Å². The van der Waals surface area contributed by atoms with Gasteiger partial charge in [-0.3, -0.25) is 9.48 Å². The molecule has 2 heterocycles. The number of halogens is 3. The zero-order valence-electron chi connectivity index (χ0n) is 11.0. The molecule has 0 radical (unpaired) electrons. The molecular formula is C11H12F3N5O2. The number of nitrogens with one attached hydrogen (secondary N) is 1. The highest BCUT2D eigenvalue weighted by Crippen LogP contribution is 2.27. The second kappa shape index (κ2) is 5.95. The Morgan fingerprint density at radius 3 is 2.81 bits per heavy atom. The maximum absolute atomic E-state index is 12.4. The van der Waals surface area contributed by atoms with Crippen LogP contribution in [0.3, 0.4) is 0 Å². The normalized spacial score (nSPS) is 11.6. The molecule has 0 saturated heterocycles. The fourth-order valence-corrected chi connectivity index (χ4v) is 1.58. The van der Waals surface area contributed by atoms with Crippen molar-refractivity contribution < 1.29 is 22.7 Å². The number of aromatic nitrogens is 4. The quantitative estimate of drug-likeness (QED) is 0.904. The van der Waals surface area contributed by atoms with Crippen LogP contribution in [0, 0.1) is 0 Å². The number of carbonyl (C=O) groups excluding carboxylic acids is 1. The van der Waals surface area contributed by atoms with Crippen LogP contribution in [0.2, 0.25) is 0 Å². The Morgan fingerprint density at radius 1 is 1.43 bits per heavy atom. The number of rotatable bonds is 5. The van der Waals surface area contributed by atoms with Crippen LogP contribution < -0.4 is 5.32 Å². The van der Waals surface area contributed by atoms with E-state index in [-0.39, 0.29) is 13.3 Å². The van der Waals surface area contributed by atoms with Crippen molar-refractivity contribution in [2.75, 3.05) is 12.4 Å². The van der Waals surface area contributed by atoms with Gasteiger partial charge in [0, 0.05) is 13.3 Å². The Hall–Kier alpha value is -2.36. The molecule has 2 aromatic heterocycles. The van der Waals surface area contributed by atoms with E-state index in [1.54, 1.807) is 0 Å². The molecule has 0 atom stereocenters. The monoisotopic (exact) mass is 303 g/mol. The van der Waals surface area contributed by atoms with Crippen LogP contribution in [0.4, 0.5) is 18.9 Å². The van der Waals surface area contributed by atoms with Gasteiger partial charge in [-0.05, 0) is 6.07 Å². The van der Waals surface area contributed by atoms with Gasteiger partial charge in [0.2, 0.25) is 5.91 Å². The molecule has 0 aliphatic rings. The SMILES string of the molecule is COCn1cc(NC(=O)Cn2ccc(C(F)(F)F)n2)cn1. The Kier molecular flexibility index (Phi) is 4.26. The Labute approximate surface area is 117 Å². The molecule has 10 heteroatoms. The Morgan fingerprint density at radius 2 is 2.19 bits per heavy atom. The number of carbonyl (C=O) groups is 1. The van der Waals surface area contributed by atoms with Crippen molar-refractivity contribution in [2.24, 2.45) is 0 Å². The van der Waals surface area contributed by atoms with Crippen LogP contribution in [0.15, 0.2) is 24.7 Å². The van der Waals surface area contributed by atoms with Gasteiger partial charge in [0.1, 0.15) is 13.3 Å². The van der Waals surface area contributed by atoms with Crippen LogP contribution in [0.1, 0.15) is 5.69 Å². The van der Waals surface area contributed by atoms with Gasteiger partial charge in [0.05, 0.1) is 18.1 Å². The summed E-state index contributed by atoms with van der Waals surface area (Å²) in [7, 11) is 1.50. The molecule has 0 aliphatic carbocycles.